The summed E-state index contributed by atoms with van der Waals surface area (Å²) in [7, 11) is 1.73. The molecule has 1 saturated heterocycles. The van der Waals surface area contributed by atoms with E-state index in [0.29, 0.717) is 13.0 Å². The first-order valence-corrected chi connectivity index (χ1v) is 5.31. The molecule has 0 aromatic carbocycles. The maximum Gasteiger partial charge on any atom is 0.303 e. The van der Waals surface area contributed by atoms with Crippen LogP contribution in [0.2, 0.25) is 0 Å². The lowest BCUT2D eigenvalue weighted by atomic mass is 10.2. The summed E-state index contributed by atoms with van der Waals surface area (Å²) in [6.45, 7) is 1.42. The number of aliphatic carboxylic acids is 1. The van der Waals surface area contributed by atoms with E-state index in [1.54, 1.807) is 11.9 Å². The van der Waals surface area contributed by atoms with Crippen molar-refractivity contribution in [1.82, 2.24) is 10.2 Å². The van der Waals surface area contributed by atoms with Gasteiger partial charge < -0.3 is 15.3 Å². The third-order valence-corrected chi connectivity index (χ3v) is 2.62. The minimum absolute atomic E-state index is 0.0557. The molecular weight excluding hydrogens is 196 g/mol. The van der Waals surface area contributed by atoms with E-state index in [1.807, 2.05) is 0 Å². The molecule has 1 atom stereocenters. The molecule has 15 heavy (non-hydrogen) atoms. The minimum atomic E-state index is -0.810. The summed E-state index contributed by atoms with van der Waals surface area (Å²) >= 11 is 0. The minimum Gasteiger partial charge on any atom is -0.481 e. The van der Waals surface area contributed by atoms with Crippen LogP contribution in [0.15, 0.2) is 0 Å². The molecule has 1 rings (SSSR count). The van der Waals surface area contributed by atoms with Gasteiger partial charge in [0.15, 0.2) is 0 Å². The van der Waals surface area contributed by atoms with Crippen LogP contribution in [0, 0.1) is 0 Å². The second-order valence-electron chi connectivity index (χ2n) is 3.91. The Morgan fingerprint density at radius 1 is 1.53 bits per heavy atom. The lowest BCUT2D eigenvalue weighted by molar-refractivity contribution is -0.138. The normalized spacial score (nSPS) is 20.2. The molecule has 1 fully saturated rings. The molecule has 0 bridgehead atoms. The molecule has 0 aromatic heterocycles. The van der Waals surface area contributed by atoms with Crippen molar-refractivity contribution in [3.05, 3.63) is 0 Å². The number of rotatable bonds is 5. The van der Waals surface area contributed by atoms with Gasteiger partial charge in [-0.3, -0.25) is 9.59 Å². The second kappa shape index (κ2) is 5.70. The summed E-state index contributed by atoms with van der Waals surface area (Å²) in [5.74, 6) is -0.729. The number of amides is 1. The molecule has 1 amide bonds. The molecule has 5 nitrogen and oxygen atoms in total. The second-order valence-corrected chi connectivity index (χ2v) is 3.91. The van der Waals surface area contributed by atoms with Crippen LogP contribution in [0.1, 0.15) is 25.7 Å². The molecule has 2 N–H and O–H groups in total. The zero-order valence-electron chi connectivity index (χ0n) is 9.03. The van der Waals surface area contributed by atoms with Gasteiger partial charge >= 0.3 is 5.97 Å². The molecule has 0 spiro atoms. The van der Waals surface area contributed by atoms with E-state index in [0.717, 1.165) is 19.4 Å². The Labute approximate surface area is 89.4 Å². The first-order chi connectivity index (χ1) is 7.11. The van der Waals surface area contributed by atoms with Crippen molar-refractivity contribution in [3.8, 4) is 0 Å². The molecule has 1 aliphatic heterocycles. The van der Waals surface area contributed by atoms with Crippen LogP contribution in [0.25, 0.3) is 0 Å². The molecule has 0 aliphatic carbocycles. The highest BCUT2D eigenvalue weighted by atomic mass is 16.4. The lowest BCUT2D eigenvalue weighted by Gasteiger charge is -2.20. The van der Waals surface area contributed by atoms with Gasteiger partial charge in [0.2, 0.25) is 5.91 Å². The van der Waals surface area contributed by atoms with Gasteiger partial charge in [0.05, 0.1) is 6.04 Å². The first kappa shape index (κ1) is 12.0. The Bertz CT molecular complexity index is 237. The lowest BCUT2D eigenvalue weighted by Crippen LogP contribution is -2.42. The first-order valence-electron chi connectivity index (χ1n) is 5.31. The van der Waals surface area contributed by atoms with E-state index in [1.165, 1.54) is 0 Å². The number of nitrogens with one attached hydrogen (secondary N) is 1. The largest absolute Gasteiger partial charge is 0.481 e. The van der Waals surface area contributed by atoms with Crippen LogP contribution in [0.4, 0.5) is 0 Å². The average molecular weight is 214 g/mol. The van der Waals surface area contributed by atoms with Gasteiger partial charge in [-0.15, -0.1) is 0 Å². The number of carbonyl (C=O) groups excluding carboxylic acids is 1. The van der Waals surface area contributed by atoms with E-state index >= 15 is 0 Å². The summed E-state index contributed by atoms with van der Waals surface area (Å²) in [5, 5.41) is 11.6. The van der Waals surface area contributed by atoms with Gasteiger partial charge in [-0.25, -0.2) is 0 Å². The third kappa shape index (κ3) is 3.87. The predicted molar refractivity (Wildman–Crippen MR) is 55.5 cm³/mol. The summed E-state index contributed by atoms with van der Waals surface area (Å²) in [4.78, 5) is 23.6. The van der Waals surface area contributed by atoms with Crippen LogP contribution < -0.4 is 5.32 Å². The van der Waals surface area contributed by atoms with Crippen molar-refractivity contribution in [2.75, 3.05) is 20.1 Å². The van der Waals surface area contributed by atoms with Crippen molar-refractivity contribution in [2.24, 2.45) is 0 Å². The fraction of sp³-hybridized carbons (Fsp3) is 0.800. The highest BCUT2D eigenvalue weighted by Gasteiger charge is 2.24. The van der Waals surface area contributed by atoms with Crippen molar-refractivity contribution in [1.29, 1.82) is 0 Å². The standard InChI is InChI=1S/C10H18N2O3/c1-12(7-3-5-9(13)14)10(15)8-4-2-6-11-8/h8,11H,2-7H2,1H3,(H,13,14). The number of hydrogen-bond donors (Lipinski definition) is 2. The van der Waals surface area contributed by atoms with E-state index < -0.39 is 5.97 Å². The average Bonchev–Trinajstić information content (AvgIpc) is 2.68. The molecule has 1 unspecified atom stereocenters. The molecule has 0 aromatic rings. The van der Waals surface area contributed by atoms with Crippen LogP contribution in [-0.4, -0.2) is 48.1 Å². The fourth-order valence-corrected chi connectivity index (χ4v) is 1.74. The van der Waals surface area contributed by atoms with Gasteiger partial charge in [0, 0.05) is 20.0 Å². The SMILES string of the molecule is CN(CCCC(=O)O)C(=O)C1CCCN1. The van der Waals surface area contributed by atoms with Crippen LogP contribution in [0.5, 0.6) is 0 Å². The van der Waals surface area contributed by atoms with Crippen molar-refractivity contribution < 1.29 is 14.7 Å². The smallest absolute Gasteiger partial charge is 0.303 e. The van der Waals surface area contributed by atoms with Crippen LogP contribution in [-0.2, 0) is 9.59 Å². The summed E-state index contributed by atoms with van der Waals surface area (Å²) in [6.07, 6.45) is 2.57. The number of hydrogen-bond acceptors (Lipinski definition) is 3. The van der Waals surface area contributed by atoms with Crippen molar-refractivity contribution >= 4 is 11.9 Å². The van der Waals surface area contributed by atoms with E-state index in [4.69, 9.17) is 5.11 Å². The molecule has 1 aliphatic rings. The quantitative estimate of drug-likeness (QED) is 0.679. The fourth-order valence-electron chi connectivity index (χ4n) is 1.74. The maximum absolute atomic E-state index is 11.7. The number of carbonyl (C=O) groups is 2. The molecule has 86 valence electrons. The maximum atomic E-state index is 11.7. The van der Waals surface area contributed by atoms with E-state index in [-0.39, 0.29) is 18.4 Å². The Morgan fingerprint density at radius 3 is 2.80 bits per heavy atom. The summed E-state index contributed by atoms with van der Waals surface area (Å²) in [5.41, 5.74) is 0. The van der Waals surface area contributed by atoms with Gasteiger partial charge in [-0.1, -0.05) is 0 Å². The zero-order chi connectivity index (χ0) is 11.3. The van der Waals surface area contributed by atoms with Gasteiger partial charge in [0.1, 0.15) is 0 Å². The highest BCUT2D eigenvalue weighted by Crippen LogP contribution is 2.08. The zero-order valence-corrected chi connectivity index (χ0v) is 9.03. The molecule has 0 radical (unpaired) electrons. The number of carboxylic acids is 1. The number of carboxylic acid groups (broad SMARTS) is 1. The Hall–Kier alpha value is -1.10. The summed E-state index contributed by atoms with van der Waals surface area (Å²) in [6, 6.07) is -0.0557. The number of likely N-dealkylation sites (N-methyl/N-ethyl adjacent to an activating group) is 1. The van der Waals surface area contributed by atoms with Crippen molar-refractivity contribution in [3.63, 3.8) is 0 Å². The van der Waals surface area contributed by atoms with E-state index in [2.05, 4.69) is 5.32 Å². The molecule has 0 saturated carbocycles. The Kier molecular flexibility index (Phi) is 4.55. The van der Waals surface area contributed by atoms with Gasteiger partial charge in [0.25, 0.3) is 0 Å². The monoisotopic (exact) mass is 214 g/mol. The Morgan fingerprint density at radius 2 is 2.27 bits per heavy atom. The third-order valence-electron chi connectivity index (χ3n) is 2.62. The molecule has 1 heterocycles. The van der Waals surface area contributed by atoms with Gasteiger partial charge in [-0.2, -0.15) is 0 Å². The van der Waals surface area contributed by atoms with Gasteiger partial charge in [-0.05, 0) is 25.8 Å². The topological polar surface area (TPSA) is 69.6 Å². The van der Waals surface area contributed by atoms with Crippen LogP contribution >= 0.6 is 0 Å². The number of nitrogens with zero attached hydrogens (tertiary/aromatic N) is 1. The molecular formula is C10H18N2O3. The van der Waals surface area contributed by atoms with Crippen LogP contribution in [0.3, 0.4) is 0 Å². The predicted octanol–water partition coefficient (Wildman–Crippen LogP) is 0.0616. The highest BCUT2D eigenvalue weighted by molar-refractivity contribution is 5.81. The van der Waals surface area contributed by atoms with E-state index in [9.17, 15) is 9.59 Å². The summed E-state index contributed by atoms with van der Waals surface area (Å²) < 4.78 is 0. The molecule has 5 heteroatoms. The Balaban J connectivity index is 2.23. The van der Waals surface area contributed by atoms with Crippen molar-refractivity contribution in [2.45, 2.75) is 31.7 Å².